The molecule has 1 aliphatic rings. The summed E-state index contributed by atoms with van der Waals surface area (Å²) in [5.74, 6) is 0.822. The van der Waals surface area contributed by atoms with Crippen LogP contribution in [0.3, 0.4) is 0 Å². The average molecular weight is 363 g/mol. The van der Waals surface area contributed by atoms with Crippen LogP contribution in [0.25, 0.3) is 0 Å². The summed E-state index contributed by atoms with van der Waals surface area (Å²) in [5.41, 5.74) is 1.08. The van der Waals surface area contributed by atoms with E-state index in [1.165, 1.54) is 0 Å². The smallest absolute Gasteiger partial charge is 0.317 e. The summed E-state index contributed by atoms with van der Waals surface area (Å²) in [4.78, 5) is 19.4. The fraction of sp³-hybridized carbons (Fsp3) is 0.650. The maximum Gasteiger partial charge on any atom is 0.317 e. The number of nitrogens with zero attached hydrogens (tertiary/aromatic N) is 3. The Labute approximate surface area is 158 Å². The minimum absolute atomic E-state index is 0.00986. The Balaban J connectivity index is 1.86. The first-order chi connectivity index (χ1) is 12.5. The average Bonchev–Trinajstić information content (AvgIpc) is 2.66. The fourth-order valence-electron chi connectivity index (χ4n) is 3.25. The van der Waals surface area contributed by atoms with Crippen molar-refractivity contribution in [2.75, 3.05) is 53.4 Å². The van der Waals surface area contributed by atoms with E-state index in [4.69, 9.17) is 4.74 Å². The maximum atomic E-state index is 12.7. The van der Waals surface area contributed by atoms with Crippen molar-refractivity contribution in [3.05, 3.63) is 29.8 Å². The molecule has 0 radical (unpaired) electrons. The van der Waals surface area contributed by atoms with E-state index in [1.807, 2.05) is 29.2 Å². The number of urea groups is 1. The highest BCUT2D eigenvalue weighted by atomic mass is 16.5. The van der Waals surface area contributed by atoms with E-state index in [2.05, 4.69) is 36.0 Å². The number of benzene rings is 1. The normalized spacial score (nSPS) is 16.9. The van der Waals surface area contributed by atoms with E-state index in [0.29, 0.717) is 19.1 Å². The maximum absolute atomic E-state index is 12.7. The van der Waals surface area contributed by atoms with Gasteiger partial charge in [-0.05, 0) is 38.1 Å². The van der Waals surface area contributed by atoms with Crippen LogP contribution in [-0.2, 0) is 6.54 Å². The van der Waals surface area contributed by atoms with Crippen molar-refractivity contribution in [2.24, 2.45) is 0 Å². The first-order valence-corrected chi connectivity index (χ1v) is 9.61. The minimum Gasteiger partial charge on any atom is -0.497 e. The first-order valence-electron chi connectivity index (χ1n) is 9.61. The zero-order valence-electron chi connectivity index (χ0n) is 16.7. The van der Waals surface area contributed by atoms with Gasteiger partial charge in [0.2, 0.25) is 0 Å². The number of ether oxygens (including phenoxy) is 1. The van der Waals surface area contributed by atoms with Crippen LogP contribution in [0.4, 0.5) is 4.79 Å². The molecule has 0 aliphatic carbocycles. The second kappa shape index (κ2) is 10.4. The predicted molar refractivity (Wildman–Crippen MR) is 106 cm³/mol. The molecule has 26 heavy (non-hydrogen) atoms. The number of likely N-dealkylation sites (N-methyl/N-ethyl adjacent to an activating group) is 1. The zero-order chi connectivity index (χ0) is 18.9. The van der Waals surface area contributed by atoms with Crippen molar-refractivity contribution in [2.45, 2.75) is 32.9 Å². The lowest BCUT2D eigenvalue weighted by Gasteiger charge is -2.36. The molecule has 1 N–H and O–H groups in total. The molecule has 0 spiro atoms. The third-order valence-corrected chi connectivity index (χ3v) is 5.00. The molecule has 6 nitrogen and oxygen atoms in total. The molecule has 1 aromatic rings. The Hall–Kier alpha value is -1.79. The van der Waals surface area contributed by atoms with Gasteiger partial charge in [-0.1, -0.05) is 19.1 Å². The summed E-state index contributed by atoms with van der Waals surface area (Å²) in [5, 5.41) is 3.13. The summed E-state index contributed by atoms with van der Waals surface area (Å²) in [6.45, 7) is 10.6. The number of hydrogen-bond acceptors (Lipinski definition) is 4. The standard InChI is InChI=1S/C20H34N4O2/c1-5-9-24(16-18-7-6-8-19(14-18)26-4)20(25)21-15-17(2)23-12-10-22(3)11-13-23/h6-8,14,17H,5,9-13,15-16H2,1-4H3,(H,21,25)/t17-/m0/s1. The Kier molecular flexibility index (Phi) is 8.19. The zero-order valence-corrected chi connectivity index (χ0v) is 16.7. The summed E-state index contributed by atoms with van der Waals surface area (Å²) < 4.78 is 5.28. The summed E-state index contributed by atoms with van der Waals surface area (Å²) in [6.07, 6.45) is 0.936. The minimum atomic E-state index is 0.00986. The summed E-state index contributed by atoms with van der Waals surface area (Å²) in [7, 11) is 3.82. The van der Waals surface area contributed by atoms with Crippen molar-refractivity contribution in [3.63, 3.8) is 0 Å². The molecule has 0 saturated carbocycles. The van der Waals surface area contributed by atoms with Crippen molar-refractivity contribution in [1.82, 2.24) is 20.0 Å². The quantitative estimate of drug-likeness (QED) is 0.771. The lowest BCUT2D eigenvalue weighted by atomic mass is 10.2. The molecule has 1 saturated heterocycles. The molecule has 6 heteroatoms. The molecule has 1 heterocycles. The highest BCUT2D eigenvalue weighted by molar-refractivity contribution is 5.74. The van der Waals surface area contributed by atoms with Crippen molar-refractivity contribution in [1.29, 1.82) is 0 Å². The van der Waals surface area contributed by atoms with Crippen LogP contribution in [0.1, 0.15) is 25.8 Å². The number of rotatable bonds is 8. The van der Waals surface area contributed by atoms with Crippen LogP contribution in [0.5, 0.6) is 5.75 Å². The van der Waals surface area contributed by atoms with E-state index >= 15 is 0 Å². The predicted octanol–water partition coefficient (Wildman–Crippen LogP) is 2.25. The van der Waals surface area contributed by atoms with Crippen molar-refractivity contribution in [3.8, 4) is 5.75 Å². The third kappa shape index (κ3) is 6.18. The Morgan fingerprint density at radius 3 is 2.69 bits per heavy atom. The van der Waals surface area contributed by atoms with Gasteiger partial charge < -0.3 is 19.9 Å². The second-order valence-corrected chi connectivity index (χ2v) is 7.15. The van der Waals surface area contributed by atoms with E-state index in [0.717, 1.165) is 50.5 Å². The van der Waals surface area contributed by atoms with Gasteiger partial charge in [-0.25, -0.2) is 4.79 Å². The van der Waals surface area contributed by atoms with Crippen LogP contribution in [0.2, 0.25) is 0 Å². The number of carbonyl (C=O) groups is 1. The number of piperazine rings is 1. The Morgan fingerprint density at radius 1 is 1.31 bits per heavy atom. The SMILES string of the molecule is CCCN(Cc1cccc(OC)c1)C(=O)NC[C@H](C)N1CCN(C)CC1. The van der Waals surface area contributed by atoms with Gasteiger partial charge in [0, 0.05) is 51.9 Å². The highest BCUT2D eigenvalue weighted by Crippen LogP contribution is 2.14. The second-order valence-electron chi connectivity index (χ2n) is 7.15. The highest BCUT2D eigenvalue weighted by Gasteiger charge is 2.20. The number of amides is 2. The van der Waals surface area contributed by atoms with Gasteiger partial charge in [0.15, 0.2) is 0 Å². The summed E-state index contributed by atoms with van der Waals surface area (Å²) in [6, 6.07) is 8.27. The van der Waals surface area contributed by atoms with E-state index in [-0.39, 0.29) is 6.03 Å². The number of hydrogen-bond donors (Lipinski definition) is 1. The first kappa shape index (κ1) is 20.5. The third-order valence-electron chi connectivity index (χ3n) is 5.00. The van der Waals surface area contributed by atoms with E-state index in [9.17, 15) is 4.79 Å². The largest absolute Gasteiger partial charge is 0.497 e. The molecule has 1 aromatic carbocycles. The molecule has 1 aliphatic heterocycles. The van der Waals surface area contributed by atoms with Crippen LogP contribution in [-0.4, -0.2) is 80.2 Å². The van der Waals surface area contributed by atoms with Crippen LogP contribution in [0, 0.1) is 0 Å². The van der Waals surface area contributed by atoms with Gasteiger partial charge in [-0.2, -0.15) is 0 Å². The topological polar surface area (TPSA) is 48.1 Å². The monoisotopic (exact) mass is 362 g/mol. The molecule has 0 bridgehead atoms. The Morgan fingerprint density at radius 2 is 2.04 bits per heavy atom. The molecular formula is C20H34N4O2. The van der Waals surface area contributed by atoms with Crippen LogP contribution >= 0.6 is 0 Å². The van der Waals surface area contributed by atoms with E-state index in [1.54, 1.807) is 7.11 Å². The molecule has 146 valence electrons. The molecule has 0 aromatic heterocycles. The van der Waals surface area contributed by atoms with Crippen molar-refractivity contribution >= 4 is 6.03 Å². The number of methoxy groups -OCH3 is 1. The van der Waals surface area contributed by atoms with Crippen LogP contribution < -0.4 is 10.1 Å². The lowest BCUT2D eigenvalue weighted by Crippen LogP contribution is -2.52. The van der Waals surface area contributed by atoms with Gasteiger partial charge in [0.1, 0.15) is 5.75 Å². The molecule has 1 atom stereocenters. The van der Waals surface area contributed by atoms with Gasteiger partial charge in [0.25, 0.3) is 0 Å². The van der Waals surface area contributed by atoms with Crippen LogP contribution in [0.15, 0.2) is 24.3 Å². The molecule has 2 rings (SSSR count). The number of carbonyl (C=O) groups excluding carboxylic acids is 1. The van der Waals surface area contributed by atoms with Gasteiger partial charge in [-0.3, -0.25) is 4.90 Å². The van der Waals surface area contributed by atoms with E-state index < -0.39 is 0 Å². The lowest BCUT2D eigenvalue weighted by molar-refractivity contribution is 0.117. The summed E-state index contributed by atoms with van der Waals surface area (Å²) >= 11 is 0. The molecule has 1 fully saturated rings. The Bertz CT molecular complexity index is 558. The van der Waals surface area contributed by atoms with Gasteiger partial charge in [0.05, 0.1) is 7.11 Å². The number of nitrogens with one attached hydrogen (secondary N) is 1. The molecule has 0 unspecified atom stereocenters. The molecular weight excluding hydrogens is 328 g/mol. The van der Waals surface area contributed by atoms with Crippen molar-refractivity contribution < 1.29 is 9.53 Å². The fourth-order valence-corrected chi connectivity index (χ4v) is 3.25. The molecule has 2 amide bonds. The van der Waals surface area contributed by atoms with Gasteiger partial charge in [-0.15, -0.1) is 0 Å². The van der Waals surface area contributed by atoms with Gasteiger partial charge >= 0.3 is 6.03 Å².